The Bertz CT molecular complexity index is 967. The minimum Gasteiger partial charge on any atom is -0.455 e. The molecule has 2 N–H and O–H groups in total. The van der Waals surface area contributed by atoms with E-state index in [-0.39, 0.29) is 47.3 Å². The summed E-state index contributed by atoms with van der Waals surface area (Å²) in [5, 5.41) is 7.74. The Labute approximate surface area is 230 Å². The molecule has 0 spiro atoms. The van der Waals surface area contributed by atoms with E-state index in [0.717, 1.165) is 32.2 Å². The van der Waals surface area contributed by atoms with Gasteiger partial charge in [0.2, 0.25) is 11.8 Å². The predicted molar refractivity (Wildman–Crippen MR) is 148 cm³/mol. The van der Waals surface area contributed by atoms with Gasteiger partial charge in [0.1, 0.15) is 16.7 Å². The maximum Gasteiger partial charge on any atom is 0.303 e. The van der Waals surface area contributed by atoms with Crippen LogP contribution in [0.15, 0.2) is 5.38 Å². The van der Waals surface area contributed by atoms with Crippen LogP contribution in [0.25, 0.3) is 0 Å². The molecule has 2 rings (SSSR count). The molecule has 0 unspecified atom stereocenters. The zero-order chi connectivity index (χ0) is 28.6. The van der Waals surface area contributed by atoms with Crippen molar-refractivity contribution in [1.29, 1.82) is 0 Å². The summed E-state index contributed by atoms with van der Waals surface area (Å²) in [6, 6.07) is -1.21. The lowest BCUT2D eigenvalue weighted by Crippen LogP contribution is -2.58. The lowest BCUT2D eigenvalue weighted by atomic mass is 9.92. The number of carbonyl (C=O) groups is 4. The number of ether oxygens (including phenoxy) is 1. The average Bonchev–Trinajstić information content (AvgIpc) is 3.38. The molecule has 1 aliphatic rings. The van der Waals surface area contributed by atoms with Gasteiger partial charge in [-0.1, -0.05) is 40.5 Å². The third-order valence-corrected chi connectivity index (χ3v) is 8.42. The predicted octanol–water partition coefficient (Wildman–Crippen LogP) is 3.00. The normalized spacial score (nSPS) is 19.2. The molecule has 1 fully saturated rings. The fraction of sp³-hybridized carbons (Fsp3) is 0.741. The molecule has 214 valence electrons. The van der Waals surface area contributed by atoms with Crippen molar-refractivity contribution in [3.63, 3.8) is 0 Å². The lowest BCUT2D eigenvalue weighted by Gasteiger charge is -2.38. The Kier molecular flexibility index (Phi) is 12.2. The van der Waals surface area contributed by atoms with Gasteiger partial charge in [-0.2, -0.15) is 0 Å². The first-order valence-electron chi connectivity index (χ1n) is 13.5. The Morgan fingerprint density at radius 1 is 1.24 bits per heavy atom. The van der Waals surface area contributed by atoms with Gasteiger partial charge in [0, 0.05) is 38.9 Å². The van der Waals surface area contributed by atoms with Gasteiger partial charge < -0.3 is 20.3 Å². The van der Waals surface area contributed by atoms with Gasteiger partial charge in [-0.05, 0) is 38.3 Å². The Hall–Kier alpha value is -2.53. The third kappa shape index (κ3) is 8.23. The molecule has 5 atom stereocenters. The molecule has 1 aromatic rings. The van der Waals surface area contributed by atoms with Gasteiger partial charge in [-0.15, -0.1) is 11.3 Å². The molecule has 11 heteroatoms. The summed E-state index contributed by atoms with van der Waals surface area (Å²) in [7, 11) is 5.22. The van der Waals surface area contributed by atoms with Crippen LogP contribution >= 0.6 is 11.3 Å². The minimum atomic E-state index is -0.717. The molecule has 0 radical (unpaired) electrons. The topological polar surface area (TPSA) is 121 Å². The highest BCUT2D eigenvalue weighted by atomic mass is 32.1. The Morgan fingerprint density at radius 2 is 1.92 bits per heavy atom. The van der Waals surface area contributed by atoms with Crippen LogP contribution in [0.2, 0.25) is 0 Å². The Balaban J connectivity index is 2.28. The highest BCUT2D eigenvalue weighted by molar-refractivity contribution is 7.09. The zero-order valence-electron chi connectivity index (χ0n) is 24.1. The summed E-state index contributed by atoms with van der Waals surface area (Å²) in [6.45, 7) is 10.2. The largest absolute Gasteiger partial charge is 0.455 e. The van der Waals surface area contributed by atoms with Crippen molar-refractivity contribution in [2.24, 2.45) is 11.8 Å². The second kappa shape index (κ2) is 14.6. The second-order valence-corrected chi connectivity index (χ2v) is 11.5. The molecule has 2 heterocycles. The highest BCUT2D eigenvalue weighted by Gasteiger charge is 2.37. The van der Waals surface area contributed by atoms with E-state index in [1.165, 1.54) is 25.3 Å². The van der Waals surface area contributed by atoms with Crippen LogP contribution in [-0.4, -0.2) is 84.3 Å². The smallest absolute Gasteiger partial charge is 0.303 e. The van der Waals surface area contributed by atoms with Crippen LogP contribution in [0.5, 0.6) is 0 Å². The Morgan fingerprint density at radius 3 is 2.47 bits per heavy atom. The van der Waals surface area contributed by atoms with Crippen molar-refractivity contribution in [3.05, 3.63) is 16.1 Å². The summed E-state index contributed by atoms with van der Waals surface area (Å²) in [5.74, 6) is -1.10. The van der Waals surface area contributed by atoms with E-state index < -0.39 is 18.1 Å². The molecule has 0 saturated carbocycles. The number of aromatic nitrogens is 1. The first kappa shape index (κ1) is 31.7. The number of carbonyl (C=O) groups excluding carboxylic acids is 4. The van der Waals surface area contributed by atoms with Crippen molar-refractivity contribution < 1.29 is 23.9 Å². The molecule has 0 aromatic carbocycles. The van der Waals surface area contributed by atoms with Crippen molar-refractivity contribution in [3.8, 4) is 0 Å². The number of nitrogens with zero attached hydrogens (tertiary/aromatic N) is 3. The molecule has 38 heavy (non-hydrogen) atoms. The molecule has 10 nitrogen and oxygen atoms in total. The van der Waals surface area contributed by atoms with E-state index >= 15 is 0 Å². The van der Waals surface area contributed by atoms with E-state index in [1.54, 1.807) is 17.3 Å². The standard InChI is InChI=1S/C27H45N5O5S/c1-9-17(4)23(30-25(35)20-12-10-11-13-31(20)7)27(36)32(8)21(16(2)3)14-22(37-18(5)33)26-29-19(15-38-26)24(34)28-6/h15-17,20-23H,9-14H2,1-8H3,(H,28,34)(H,30,35)/t17-,20+,21+,22+,23-/m0/s1. The fourth-order valence-electron chi connectivity index (χ4n) is 4.89. The number of hydrogen-bond donors (Lipinski definition) is 2. The van der Waals surface area contributed by atoms with Crippen molar-refractivity contribution in [2.75, 3.05) is 27.7 Å². The van der Waals surface area contributed by atoms with Gasteiger partial charge in [-0.3, -0.25) is 24.1 Å². The summed E-state index contributed by atoms with van der Waals surface area (Å²) in [4.78, 5) is 59.2. The van der Waals surface area contributed by atoms with E-state index in [4.69, 9.17) is 4.74 Å². The van der Waals surface area contributed by atoms with Crippen molar-refractivity contribution in [1.82, 2.24) is 25.4 Å². The van der Waals surface area contributed by atoms with Crippen LogP contribution < -0.4 is 10.6 Å². The molecule has 0 bridgehead atoms. The van der Waals surface area contributed by atoms with Crippen molar-refractivity contribution >= 4 is 35.0 Å². The van der Waals surface area contributed by atoms with Gasteiger partial charge in [0.05, 0.1) is 6.04 Å². The zero-order valence-corrected chi connectivity index (χ0v) is 24.9. The van der Waals surface area contributed by atoms with E-state index in [0.29, 0.717) is 11.4 Å². The first-order chi connectivity index (χ1) is 17.9. The monoisotopic (exact) mass is 551 g/mol. The molecule has 1 aromatic heterocycles. The summed E-state index contributed by atoms with van der Waals surface area (Å²) >= 11 is 1.24. The van der Waals surface area contributed by atoms with Gasteiger partial charge in [0.25, 0.3) is 5.91 Å². The molecular weight excluding hydrogens is 506 g/mol. The number of hydrogen-bond acceptors (Lipinski definition) is 8. The van der Waals surface area contributed by atoms with Crippen LogP contribution in [0, 0.1) is 11.8 Å². The highest BCUT2D eigenvalue weighted by Crippen LogP contribution is 2.31. The number of amides is 3. The SMILES string of the molecule is CC[C@H](C)[C@H](NC(=O)[C@H]1CCCCN1C)C(=O)N(C)[C@H](C[C@@H](OC(C)=O)c1nc(C(=O)NC)cs1)C(C)C. The molecule has 1 aliphatic heterocycles. The van der Waals surface area contributed by atoms with E-state index in [9.17, 15) is 19.2 Å². The summed E-state index contributed by atoms with van der Waals surface area (Å²) in [6.07, 6.45) is 3.17. The number of rotatable bonds is 12. The fourth-order valence-corrected chi connectivity index (χ4v) is 5.73. The van der Waals surface area contributed by atoms with E-state index in [1.807, 2.05) is 34.7 Å². The minimum absolute atomic E-state index is 0.0261. The number of nitrogens with one attached hydrogen (secondary N) is 2. The lowest BCUT2D eigenvalue weighted by molar-refractivity contribution is -0.149. The number of thiazole rings is 1. The number of esters is 1. The summed E-state index contributed by atoms with van der Waals surface area (Å²) < 4.78 is 5.62. The molecular formula is C27H45N5O5S. The van der Waals surface area contributed by atoms with Crippen LogP contribution in [0.4, 0.5) is 0 Å². The number of piperidine rings is 1. The van der Waals surface area contributed by atoms with Gasteiger partial charge in [-0.25, -0.2) is 4.98 Å². The first-order valence-corrected chi connectivity index (χ1v) is 14.4. The third-order valence-electron chi connectivity index (χ3n) is 7.49. The van der Waals surface area contributed by atoms with E-state index in [2.05, 4.69) is 20.5 Å². The van der Waals surface area contributed by atoms with Gasteiger partial charge in [0.15, 0.2) is 6.10 Å². The average molecular weight is 552 g/mol. The molecule has 3 amide bonds. The molecule has 1 saturated heterocycles. The quantitative estimate of drug-likeness (QED) is 0.383. The molecule has 0 aliphatic carbocycles. The second-order valence-electron chi connectivity index (χ2n) is 10.6. The van der Waals surface area contributed by atoms with Crippen LogP contribution in [-0.2, 0) is 19.1 Å². The van der Waals surface area contributed by atoms with Crippen LogP contribution in [0.1, 0.15) is 88.3 Å². The van der Waals surface area contributed by atoms with Crippen molar-refractivity contribution in [2.45, 2.75) is 91.0 Å². The van der Waals surface area contributed by atoms with Gasteiger partial charge >= 0.3 is 5.97 Å². The number of likely N-dealkylation sites (tertiary alicyclic amines) is 1. The maximum absolute atomic E-state index is 13.9. The van der Waals surface area contributed by atoms with Crippen LogP contribution in [0.3, 0.4) is 0 Å². The number of likely N-dealkylation sites (N-methyl/N-ethyl adjacent to an activating group) is 2. The summed E-state index contributed by atoms with van der Waals surface area (Å²) in [5.41, 5.74) is 0.252. The maximum atomic E-state index is 13.9.